The van der Waals surface area contributed by atoms with Crippen molar-refractivity contribution in [3.8, 4) is 11.5 Å². The highest BCUT2D eigenvalue weighted by atomic mass is 16.5. The van der Waals surface area contributed by atoms with Crippen LogP contribution in [0.4, 0.5) is 5.69 Å². The van der Waals surface area contributed by atoms with Crippen molar-refractivity contribution in [2.24, 2.45) is 5.92 Å². The average molecular weight is 340 g/mol. The molecule has 1 amide bonds. The van der Waals surface area contributed by atoms with Gasteiger partial charge in [0.25, 0.3) is 5.91 Å². The Balaban J connectivity index is 1.56. The third-order valence-corrected chi connectivity index (χ3v) is 4.61. The van der Waals surface area contributed by atoms with Crippen LogP contribution in [0.1, 0.15) is 16.8 Å². The van der Waals surface area contributed by atoms with Crippen molar-refractivity contribution in [1.82, 2.24) is 5.32 Å². The molecular formula is C20H24N2O3. The van der Waals surface area contributed by atoms with Crippen LogP contribution in [0.5, 0.6) is 11.5 Å². The highest BCUT2D eigenvalue weighted by molar-refractivity contribution is 5.97. The number of methoxy groups -OCH3 is 2. The first-order chi connectivity index (χ1) is 12.2. The molecule has 1 N–H and O–H groups in total. The number of hydrogen-bond acceptors (Lipinski definition) is 4. The largest absolute Gasteiger partial charge is 0.497 e. The molecule has 132 valence electrons. The van der Waals surface area contributed by atoms with Gasteiger partial charge in [0.2, 0.25) is 0 Å². The minimum Gasteiger partial charge on any atom is -0.497 e. The number of amides is 1. The third-order valence-electron chi connectivity index (χ3n) is 4.61. The zero-order chi connectivity index (χ0) is 17.6. The second kappa shape index (κ2) is 7.92. The molecule has 1 fully saturated rings. The summed E-state index contributed by atoms with van der Waals surface area (Å²) in [7, 11) is 3.15. The van der Waals surface area contributed by atoms with Crippen molar-refractivity contribution in [3.63, 3.8) is 0 Å². The van der Waals surface area contributed by atoms with Gasteiger partial charge in [-0.15, -0.1) is 0 Å². The van der Waals surface area contributed by atoms with Crippen LogP contribution in [-0.4, -0.2) is 39.8 Å². The van der Waals surface area contributed by atoms with Gasteiger partial charge < -0.3 is 19.7 Å². The molecule has 1 saturated heterocycles. The van der Waals surface area contributed by atoms with Gasteiger partial charge in [-0.2, -0.15) is 0 Å². The van der Waals surface area contributed by atoms with E-state index in [0.29, 0.717) is 29.5 Å². The van der Waals surface area contributed by atoms with Gasteiger partial charge in [0, 0.05) is 31.4 Å². The number of carbonyl (C=O) groups excluding carboxylic acids is 1. The molecule has 1 aliphatic heterocycles. The van der Waals surface area contributed by atoms with E-state index >= 15 is 0 Å². The van der Waals surface area contributed by atoms with Crippen LogP contribution in [0, 0.1) is 5.92 Å². The molecule has 1 unspecified atom stereocenters. The van der Waals surface area contributed by atoms with E-state index in [0.717, 1.165) is 19.5 Å². The van der Waals surface area contributed by atoms with Crippen molar-refractivity contribution in [3.05, 3.63) is 54.1 Å². The predicted octanol–water partition coefficient (Wildman–Crippen LogP) is 2.96. The Bertz CT molecular complexity index is 718. The Labute approximate surface area is 148 Å². The lowest BCUT2D eigenvalue weighted by atomic mass is 10.1. The fourth-order valence-corrected chi connectivity index (χ4v) is 3.19. The highest BCUT2D eigenvalue weighted by Gasteiger charge is 2.23. The molecule has 3 rings (SSSR count). The first-order valence-corrected chi connectivity index (χ1v) is 8.51. The Morgan fingerprint density at radius 1 is 1.16 bits per heavy atom. The summed E-state index contributed by atoms with van der Waals surface area (Å²) in [6.07, 6.45) is 1.08. The van der Waals surface area contributed by atoms with Gasteiger partial charge in [-0.05, 0) is 36.6 Å². The molecule has 0 aromatic heterocycles. The lowest BCUT2D eigenvalue weighted by Crippen LogP contribution is -2.31. The number of para-hydroxylation sites is 1. The highest BCUT2D eigenvalue weighted by Crippen LogP contribution is 2.25. The summed E-state index contributed by atoms with van der Waals surface area (Å²) in [6, 6.07) is 15.6. The SMILES string of the molecule is COc1ccc(C(=O)NCC2CCN(c3ccccc3)C2)c(OC)c1. The van der Waals surface area contributed by atoms with Gasteiger partial charge in [0.15, 0.2) is 0 Å². The second-order valence-electron chi connectivity index (χ2n) is 6.21. The van der Waals surface area contributed by atoms with Crippen LogP contribution >= 0.6 is 0 Å². The fraction of sp³-hybridized carbons (Fsp3) is 0.350. The van der Waals surface area contributed by atoms with Gasteiger partial charge in [0.05, 0.1) is 19.8 Å². The summed E-state index contributed by atoms with van der Waals surface area (Å²) in [5.74, 6) is 1.53. The summed E-state index contributed by atoms with van der Waals surface area (Å²) in [5.41, 5.74) is 1.77. The quantitative estimate of drug-likeness (QED) is 0.878. The minimum atomic E-state index is -0.113. The number of rotatable bonds is 6. The van der Waals surface area contributed by atoms with E-state index in [1.165, 1.54) is 5.69 Å². The molecule has 2 aromatic rings. The topological polar surface area (TPSA) is 50.8 Å². The van der Waals surface area contributed by atoms with E-state index in [1.54, 1.807) is 32.4 Å². The van der Waals surface area contributed by atoms with E-state index in [1.807, 2.05) is 6.07 Å². The number of nitrogens with zero attached hydrogens (tertiary/aromatic N) is 1. The molecule has 0 aliphatic carbocycles. The predicted molar refractivity (Wildman–Crippen MR) is 98.6 cm³/mol. The Kier molecular flexibility index (Phi) is 5.43. The number of ether oxygens (including phenoxy) is 2. The molecule has 5 heteroatoms. The number of carbonyl (C=O) groups is 1. The molecule has 0 spiro atoms. The summed E-state index contributed by atoms with van der Waals surface area (Å²) in [4.78, 5) is 14.9. The first kappa shape index (κ1) is 17.1. The van der Waals surface area contributed by atoms with Gasteiger partial charge in [0.1, 0.15) is 11.5 Å². The molecule has 1 atom stereocenters. The van der Waals surface area contributed by atoms with Crippen molar-refractivity contribution in [2.75, 3.05) is 38.8 Å². The van der Waals surface area contributed by atoms with E-state index in [9.17, 15) is 4.79 Å². The number of hydrogen-bond donors (Lipinski definition) is 1. The normalized spacial score (nSPS) is 16.6. The summed E-state index contributed by atoms with van der Waals surface area (Å²) >= 11 is 0. The lowest BCUT2D eigenvalue weighted by molar-refractivity contribution is 0.0945. The zero-order valence-electron chi connectivity index (χ0n) is 14.7. The van der Waals surface area contributed by atoms with Gasteiger partial charge in [-0.25, -0.2) is 0 Å². The van der Waals surface area contributed by atoms with Crippen molar-refractivity contribution >= 4 is 11.6 Å². The smallest absolute Gasteiger partial charge is 0.255 e. The monoisotopic (exact) mass is 340 g/mol. The molecule has 0 radical (unpaired) electrons. The molecule has 1 heterocycles. The van der Waals surface area contributed by atoms with Crippen molar-refractivity contribution in [1.29, 1.82) is 0 Å². The zero-order valence-corrected chi connectivity index (χ0v) is 14.7. The fourth-order valence-electron chi connectivity index (χ4n) is 3.19. The maximum Gasteiger partial charge on any atom is 0.255 e. The standard InChI is InChI=1S/C20H24N2O3/c1-24-17-8-9-18(19(12-17)25-2)20(23)21-13-15-10-11-22(14-15)16-6-4-3-5-7-16/h3-9,12,15H,10-11,13-14H2,1-2H3,(H,21,23). The second-order valence-corrected chi connectivity index (χ2v) is 6.21. The van der Waals surface area contributed by atoms with Crippen LogP contribution in [0.3, 0.4) is 0 Å². The van der Waals surface area contributed by atoms with Gasteiger partial charge >= 0.3 is 0 Å². The number of anilines is 1. The van der Waals surface area contributed by atoms with Gasteiger partial charge in [-0.1, -0.05) is 18.2 Å². The van der Waals surface area contributed by atoms with Crippen molar-refractivity contribution < 1.29 is 14.3 Å². The summed E-state index contributed by atoms with van der Waals surface area (Å²) < 4.78 is 10.5. The van der Waals surface area contributed by atoms with Crippen LogP contribution in [0.2, 0.25) is 0 Å². The van der Waals surface area contributed by atoms with Crippen LogP contribution < -0.4 is 19.7 Å². The van der Waals surface area contributed by atoms with Crippen LogP contribution in [-0.2, 0) is 0 Å². The molecule has 0 saturated carbocycles. The first-order valence-electron chi connectivity index (χ1n) is 8.51. The summed E-state index contributed by atoms with van der Waals surface area (Å²) in [6.45, 7) is 2.65. The minimum absolute atomic E-state index is 0.113. The molecule has 5 nitrogen and oxygen atoms in total. The van der Waals surface area contributed by atoms with Crippen LogP contribution in [0.15, 0.2) is 48.5 Å². The molecule has 25 heavy (non-hydrogen) atoms. The summed E-state index contributed by atoms with van der Waals surface area (Å²) in [5, 5.41) is 3.04. The van der Waals surface area contributed by atoms with E-state index in [4.69, 9.17) is 9.47 Å². The molecule has 2 aromatic carbocycles. The Morgan fingerprint density at radius 2 is 1.96 bits per heavy atom. The van der Waals surface area contributed by atoms with E-state index in [-0.39, 0.29) is 5.91 Å². The Morgan fingerprint density at radius 3 is 2.68 bits per heavy atom. The lowest BCUT2D eigenvalue weighted by Gasteiger charge is -2.19. The van der Waals surface area contributed by atoms with Crippen LogP contribution in [0.25, 0.3) is 0 Å². The van der Waals surface area contributed by atoms with E-state index in [2.05, 4.69) is 34.5 Å². The maximum atomic E-state index is 12.5. The number of benzene rings is 2. The van der Waals surface area contributed by atoms with Crippen molar-refractivity contribution in [2.45, 2.75) is 6.42 Å². The Hall–Kier alpha value is -2.69. The maximum absolute atomic E-state index is 12.5. The number of nitrogens with one attached hydrogen (secondary N) is 1. The molecule has 1 aliphatic rings. The van der Waals surface area contributed by atoms with Gasteiger partial charge in [-0.3, -0.25) is 4.79 Å². The molecular weight excluding hydrogens is 316 g/mol. The van der Waals surface area contributed by atoms with E-state index < -0.39 is 0 Å². The third kappa shape index (κ3) is 4.05. The average Bonchev–Trinajstić information content (AvgIpc) is 3.15. The molecule has 0 bridgehead atoms.